The predicted octanol–water partition coefficient (Wildman–Crippen LogP) is 3.06. The molecular weight excluding hydrogens is 228 g/mol. The average Bonchev–Trinajstić information content (AvgIpc) is 2.25. The van der Waals surface area contributed by atoms with E-state index in [0.29, 0.717) is 6.42 Å². The van der Waals surface area contributed by atoms with Crippen molar-refractivity contribution in [3.63, 3.8) is 0 Å². The van der Waals surface area contributed by atoms with Crippen LogP contribution >= 0.6 is 0 Å². The van der Waals surface area contributed by atoms with E-state index in [2.05, 4.69) is 0 Å². The Bertz CT molecular complexity index is 404. The third kappa shape index (κ3) is 3.31. The van der Waals surface area contributed by atoms with Crippen LogP contribution in [0.3, 0.4) is 0 Å². The fourth-order valence-corrected chi connectivity index (χ4v) is 2.56. The Hall–Kier alpha value is -1.38. The lowest BCUT2D eigenvalue weighted by atomic mass is 9.75. The molecule has 0 aromatic heterocycles. The maximum Gasteiger partial charge on any atom is 0.303 e. The minimum atomic E-state index is -0.273. The SMILES string of the molecule is CC=C(C)C(=O)C1C(C)=CC(OC(C)=O)CC1C. The molecule has 0 heterocycles. The van der Waals surface area contributed by atoms with Crippen LogP contribution in [0.2, 0.25) is 0 Å². The van der Waals surface area contributed by atoms with E-state index in [1.807, 2.05) is 39.8 Å². The van der Waals surface area contributed by atoms with E-state index >= 15 is 0 Å². The minimum absolute atomic E-state index is 0.0759. The van der Waals surface area contributed by atoms with Gasteiger partial charge in [0, 0.05) is 12.8 Å². The number of Topliss-reactive ketones (excluding diaryl/α,β-unsaturated/α-hetero) is 1. The van der Waals surface area contributed by atoms with Crippen LogP contribution in [0.15, 0.2) is 23.3 Å². The number of esters is 1. The minimum Gasteiger partial charge on any atom is -0.458 e. The molecule has 0 radical (unpaired) electrons. The number of carbonyl (C=O) groups excluding carboxylic acids is 2. The lowest BCUT2D eigenvalue weighted by Gasteiger charge is -2.31. The summed E-state index contributed by atoms with van der Waals surface area (Å²) in [4.78, 5) is 23.2. The van der Waals surface area contributed by atoms with Crippen LogP contribution in [0, 0.1) is 11.8 Å². The van der Waals surface area contributed by atoms with Gasteiger partial charge in [-0.05, 0) is 44.8 Å². The molecule has 3 heteroatoms. The topological polar surface area (TPSA) is 43.4 Å². The van der Waals surface area contributed by atoms with Gasteiger partial charge in [0.2, 0.25) is 0 Å². The first kappa shape index (κ1) is 14.7. The van der Waals surface area contributed by atoms with E-state index in [1.54, 1.807) is 0 Å². The molecule has 3 unspecified atom stereocenters. The van der Waals surface area contributed by atoms with Crippen LogP contribution in [0.25, 0.3) is 0 Å². The third-order valence-corrected chi connectivity index (χ3v) is 3.53. The Labute approximate surface area is 109 Å². The van der Waals surface area contributed by atoms with Gasteiger partial charge in [0.05, 0.1) is 0 Å². The molecule has 3 atom stereocenters. The van der Waals surface area contributed by atoms with Crippen molar-refractivity contribution < 1.29 is 14.3 Å². The van der Waals surface area contributed by atoms with Gasteiger partial charge in [-0.1, -0.05) is 18.6 Å². The molecule has 0 spiro atoms. The second-order valence-corrected chi connectivity index (χ2v) is 5.09. The highest BCUT2D eigenvalue weighted by molar-refractivity contribution is 5.98. The Balaban J connectivity index is 2.91. The quantitative estimate of drug-likeness (QED) is 0.439. The van der Waals surface area contributed by atoms with Gasteiger partial charge in [-0.15, -0.1) is 0 Å². The Kier molecular flexibility index (Phi) is 4.88. The molecule has 0 bridgehead atoms. The summed E-state index contributed by atoms with van der Waals surface area (Å²) in [5.41, 5.74) is 1.80. The van der Waals surface area contributed by atoms with E-state index in [4.69, 9.17) is 4.74 Å². The molecule has 1 rings (SSSR count). The van der Waals surface area contributed by atoms with Crippen LogP contribution in [-0.4, -0.2) is 17.9 Å². The Morgan fingerprint density at radius 3 is 2.44 bits per heavy atom. The molecule has 0 saturated heterocycles. The van der Waals surface area contributed by atoms with E-state index in [1.165, 1.54) is 6.92 Å². The van der Waals surface area contributed by atoms with Crippen LogP contribution in [0.4, 0.5) is 0 Å². The van der Waals surface area contributed by atoms with Gasteiger partial charge in [-0.2, -0.15) is 0 Å². The molecule has 1 aliphatic rings. The van der Waals surface area contributed by atoms with Crippen LogP contribution in [0.5, 0.6) is 0 Å². The molecule has 0 aromatic rings. The molecule has 18 heavy (non-hydrogen) atoms. The normalized spacial score (nSPS) is 28.6. The molecule has 0 fully saturated rings. The van der Waals surface area contributed by atoms with Gasteiger partial charge in [-0.3, -0.25) is 9.59 Å². The monoisotopic (exact) mass is 250 g/mol. The van der Waals surface area contributed by atoms with E-state index < -0.39 is 0 Å². The first-order valence-corrected chi connectivity index (χ1v) is 6.39. The zero-order chi connectivity index (χ0) is 13.9. The van der Waals surface area contributed by atoms with Crippen LogP contribution in [-0.2, 0) is 14.3 Å². The summed E-state index contributed by atoms with van der Waals surface area (Å²) in [6, 6.07) is 0. The van der Waals surface area contributed by atoms with Crippen molar-refractivity contribution in [1.82, 2.24) is 0 Å². The molecule has 0 aliphatic heterocycles. The van der Waals surface area contributed by atoms with E-state index in [-0.39, 0.29) is 29.7 Å². The van der Waals surface area contributed by atoms with Gasteiger partial charge < -0.3 is 4.74 Å². The van der Waals surface area contributed by atoms with E-state index in [9.17, 15) is 9.59 Å². The van der Waals surface area contributed by atoms with Crippen molar-refractivity contribution in [2.75, 3.05) is 0 Å². The summed E-state index contributed by atoms with van der Waals surface area (Å²) < 4.78 is 5.21. The van der Waals surface area contributed by atoms with Gasteiger partial charge >= 0.3 is 5.97 Å². The lowest BCUT2D eigenvalue weighted by Crippen LogP contribution is -2.32. The average molecular weight is 250 g/mol. The summed E-state index contributed by atoms with van der Waals surface area (Å²) >= 11 is 0. The molecule has 0 N–H and O–H groups in total. The first-order valence-electron chi connectivity index (χ1n) is 6.39. The molecule has 0 amide bonds. The van der Waals surface area contributed by atoms with Gasteiger partial charge in [0.25, 0.3) is 0 Å². The number of ether oxygens (including phenoxy) is 1. The number of allylic oxidation sites excluding steroid dienone is 3. The number of rotatable bonds is 3. The lowest BCUT2D eigenvalue weighted by molar-refractivity contribution is -0.145. The molecule has 0 aromatic carbocycles. The first-order chi connectivity index (χ1) is 8.36. The maximum atomic E-state index is 12.3. The summed E-state index contributed by atoms with van der Waals surface area (Å²) in [5, 5.41) is 0. The fraction of sp³-hybridized carbons (Fsp3) is 0.600. The number of hydrogen-bond donors (Lipinski definition) is 0. The van der Waals surface area contributed by atoms with Crippen molar-refractivity contribution in [2.24, 2.45) is 11.8 Å². The zero-order valence-corrected chi connectivity index (χ0v) is 11.8. The molecule has 3 nitrogen and oxygen atoms in total. The Morgan fingerprint density at radius 2 is 2.00 bits per heavy atom. The number of carbonyl (C=O) groups is 2. The fourth-order valence-electron chi connectivity index (χ4n) is 2.56. The summed E-state index contributed by atoms with van der Waals surface area (Å²) in [7, 11) is 0. The molecule has 1 aliphatic carbocycles. The summed E-state index contributed by atoms with van der Waals surface area (Å²) in [5.74, 6) is 0.0282. The van der Waals surface area contributed by atoms with Crippen LogP contribution < -0.4 is 0 Å². The summed E-state index contributed by atoms with van der Waals surface area (Å²) in [6.07, 6.45) is 4.28. The number of hydrogen-bond acceptors (Lipinski definition) is 3. The van der Waals surface area contributed by atoms with Crippen molar-refractivity contribution in [3.05, 3.63) is 23.3 Å². The van der Waals surface area contributed by atoms with Crippen molar-refractivity contribution in [1.29, 1.82) is 0 Å². The summed E-state index contributed by atoms with van der Waals surface area (Å²) in [6.45, 7) is 9.12. The van der Waals surface area contributed by atoms with Gasteiger partial charge in [0.15, 0.2) is 5.78 Å². The van der Waals surface area contributed by atoms with Gasteiger partial charge in [0.1, 0.15) is 6.10 Å². The number of ketones is 1. The maximum absolute atomic E-state index is 12.3. The van der Waals surface area contributed by atoms with Crippen molar-refractivity contribution in [2.45, 2.75) is 47.1 Å². The van der Waals surface area contributed by atoms with Crippen LogP contribution in [0.1, 0.15) is 41.0 Å². The molecule has 0 saturated carbocycles. The Morgan fingerprint density at radius 1 is 1.39 bits per heavy atom. The highest BCUT2D eigenvalue weighted by atomic mass is 16.5. The van der Waals surface area contributed by atoms with E-state index in [0.717, 1.165) is 11.1 Å². The smallest absolute Gasteiger partial charge is 0.303 e. The second-order valence-electron chi connectivity index (χ2n) is 5.09. The van der Waals surface area contributed by atoms with Crippen molar-refractivity contribution >= 4 is 11.8 Å². The molecular formula is C15H22O3. The zero-order valence-electron chi connectivity index (χ0n) is 11.8. The highest BCUT2D eigenvalue weighted by Crippen LogP contribution is 2.33. The van der Waals surface area contributed by atoms with Crippen molar-refractivity contribution in [3.8, 4) is 0 Å². The predicted molar refractivity (Wildman–Crippen MR) is 71.0 cm³/mol. The van der Waals surface area contributed by atoms with Gasteiger partial charge in [-0.25, -0.2) is 0 Å². The largest absolute Gasteiger partial charge is 0.458 e. The standard InChI is InChI=1S/C15H22O3/c1-6-9(2)15(17)14-10(3)7-13(8-11(14)4)18-12(5)16/h6-7,11,13-14H,8H2,1-5H3. The second kappa shape index (κ2) is 5.98. The molecule has 100 valence electrons. The highest BCUT2D eigenvalue weighted by Gasteiger charge is 2.33. The third-order valence-electron chi connectivity index (χ3n) is 3.53.